The minimum absolute atomic E-state index is 0.0495. The van der Waals surface area contributed by atoms with E-state index in [1.807, 2.05) is 25.1 Å². The van der Waals surface area contributed by atoms with E-state index in [-0.39, 0.29) is 22.3 Å². The molecule has 1 fully saturated rings. The fourth-order valence-corrected chi connectivity index (χ4v) is 6.56. The van der Waals surface area contributed by atoms with E-state index >= 15 is 0 Å². The monoisotopic (exact) mass is 571 g/mol. The Morgan fingerprint density at radius 2 is 1.94 bits per heavy atom. The molecule has 7 nitrogen and oxygen atoms in total. The molecule has 0 aromatic heterocycles. The highest BCUT2D eigenvalue weighted by Crippen LogP contribution is 2.37. The highest BCUT2D eigenvalue weighted by Gasteiger charge is 2.34. The van der Waals surface area contributed by atoms with E-state index in [1.54, 1.807) is 0 Å². The van der Waals surface area contributed by atoms with Gasteiger partial charge in [0.1, 0.15) is 11.3 Å². The van der Waals surface area contributed by atoms with Crippen LogP contribution in [-0.4, -0.2) is 45.4 Å². The number of hydrogen-bond acceptors (Lipinski definition) is 5. The summed E-state index contributed by atoms with van der Waals surface area (Å²) >= 11 is 2.22. The van der Waals surface area contributed by atoms with Crippen molar-refractivity contribution in [2.45, 2.75) is 43.5 Å². The molecule has 1 N–H and O–H groups in total. The van der Waals surface area contributed by atoms with Crippen LogP contribution in [0, 0.1) is 9.49 Å². The molecule has 172 valence electrons. The first-order chi connectivity index (χ1) is 15.3. The maximum Gasteiger partial charge on any atom is 0.339 e. The molecule has 2 heterocycles. The second-order valence-corrected chi connectivity index (χ2v) is 11.4. The van der Waals surface area contributed by atoms with Crippen LogP contribution in [0.1, 0.15) is 42.1 Å². The molecule has 0 radical (unpaired) electrons. The average molecular weight is 571 g/mol. The van der Waals surface area contributed by atoms with Gasteiger partial charge in [0.05, 0.1) is 17.2 Å². The van der Waals surface area contributed by atoms with Crippen molar-refractivity contribution < 1.29 is 27.8 Å². The van der Waals surface area contributed by atoms with Crippen LogP contribution < -0.4 is 9.04 Å². The van der Waals surface area contributed by atoms with Crippen LogP contribution in [0.3, 0.4) is 0 Å². The van der Waals surface area contributed by atoms with Crippen molar-refractivity contribution in [3.8, 4) is 5.75 Å². The largest absolute Gasteiger partial charge is 0.492 e. The van der Waals surface area contributed by atoms with Crippen molar-refractivity contribution in [1.82, 2.24) is 0 Å². The predicted molar refractivity (Wildman–Crippen MR) is 129 cm³/mol. The molecule has 0 spiro atoms. The molecule has 0 amide bonds. The minimum atomic E-state index is -3.95. The van der Waals surface area contributed by atoms with Crippen molar-refractivity contribution in [2.24, 2.45) is 5.92 Å². The first kappa shape index (κ1) is 23.3. The lowest BCUT2D eigenvalue weighted by atomic mass is 9.99. The molecule has 0 saturated carbocycles. The maximum atomic E-state index is 13.6. The third kappa shape index (κ3) is 4.74. The molecule has 2 aromatic rings. The molecule has 0 bridgehead atoms. The molecule has 4 rings (SSSR count). The third-order valence-electron chi connectivity index (χ3n) is 6.06. The fraction of sp³-hybridized carbons (Fsp3) is 0.435. The SMILES string of the molecule is C[C@H]1CCc2cc(I)ccc2N1S(=O)(=O)c1ccc(OCC2CCOCC2)c(C(=O)O)c1. The number of benzene rings is 2. The van der Waals surface area contributed by atoms with Crippen LogP contribution in [-0.2, 0) is 21.2 Å². The first-order valence-corrected chi connectivity index (χ1v) is 13.2. The van der Waals surface area contributed by atoms with Gasteiger partial charge in [0.25, 0.3) is 10.0 Å². The van der Waals surface area contributed by atoms with Gasteiger partial charge >= 0.3 is 5.97 Å². The Bertz CT molecular complexity index is 1110. The van der Waals surface area contributed by atoms with Gasteiger partial charge in [0, 0.05) is 22.8 Å². The normalized spacial score (nSPS) is 19.4. The standard InChI is InChI=1S/C23H26INO6S/c1-15-2-3-17-12-18(24)4-6-21(17)25(15)32(28,29)19-5-7-22(20(13-19)23(26)27)31-14-16-8-10-30-11-9-16/h4-7,12-13,15-16H,2-3,8-11,14H2,1H3,(H,26,27)/t15-/m0/s1. The predicted octanol–water partition coefficient (Wildman–Crippen LogP) is 4.32. The van der Waals surface area contributed by atoms with Crippen molar-refractivity contribution >= 4 is 44.3 Å². The van der Waals surface area contributed by atoms with Crippen molar-refractivity contribution in [1.29, 1.82) is 0 Å². The Balaban J connectivity index is 1.65. The van der Waals surface area contributed by atoms with E-state index in [0.717, 1.165) is 28.4 Å². The molecule has 9 heteroatoms. The Labute approximate surface area is 201 Å². The van der Waals surface area contributed by atoms with Gasteiger partial charge in [-0.3, -0.25) is 4.31 Å². The molecule has 2 aliphatic rings. The lowest BCUT2D eigenvalue weighted by Crippen LogP contribution is -2.42. The van der Waals surface area contributed by atoms with Gasteiger partial charge in [-0.15, -0.1) is 0 Å². The second-order valence-electron chi connectivity index (χ2n) is 8.29. The molecule has 0 unspecified atom stereocenters. The Hall–Kier alpha value is -1.85. The quantitative estimate of drug-likeness (QED) is 0.520. The number of aryl methyl sites for hydroxylation is 1. The summed E-state index contributed by atoms with van der Waals surface area (Å²) in [4.78, 5) is 11.9. The van der Waals surface area contributed by atoms with Gasteiger partial charge in [0.2, 0.25) is 0 Å². The summed E-state index contributed by atoms with van der Waals surface area (Å²) < 4.78 is 40.8. The van der Waals surface area contributed by atoms with Gasteiger partial charge in [0.15, 0.2) is 0 Å². The zero-order valence-corrected chi connectivity index (χ0v) is 20.8. The van der Waals surface area contributed by atoms with Crippen LogP contribution >= 0.6 is 22.6 Å². The minimum Gasteiger partial charge on any atom is -0.492 e. The fourth-order valence-electron chi connectivity index (χ4n) is 4.25. The zero-order chi connectivity index (χ0) is 22.9. The summed E-state index contributed by atoms with van der Waals surface area (Å²) in [5.41, 5.74) is 1.49. The second kappa shape index (κ2) is 9.56. The molecule has 2 aromatic carbocycles. The number of halogens is 1. The summed E-state index contributed by atoms with van der Waals surface area (Å²) in [7, 11) is -3.95. The molecular weight excluding hydrogens is 545 g/mol. The van der Waals surface area contributed by atoms with Gasteiger partial charge in [-0.05, 0) is 103 Å². The molecule has 2 aliphatic heterocycles. The number of aromatic carboxylic acids is 1. The highest BCUT2D eigenvalue weighted by molar-refractivity contribution is 14.1. The van der Waals surface area contributed by atoms with Crippen LogP contribution in [0.5, 0.6) is 5.75 Å². The summed E-state index contributed by atoms with van der Waals surface area (Å²) in [5.74, 6) is -0.738. The van der Waals surface area contributed by atoms with E-state index < -0.39 is 16.0 Å². The van der Waals surface area contributed by atoms with Crippen LogP contribution in [0.15, 0.2) is 41.3 Å². The number of carboxylic acid groups (broad SMARTS) is 1. The van der Waals surface area contributed by atoms with Gasteiger partial charge in [-0.25, -0.2) is 13.2 Å². The lowest BCUT2D eigenvalue weighted by molar-refractivity contribution is 0.0490. The topological polar surface area (TPSA) is 93.1 Å². The number of carboxylic acids is 1. The van der Waals surface area contributed by atoms with E-state index in [2.05, 4.69) is 22.6 Å². The van der Waals surface area contributed by atoms with Crippen molar-refractivity contribution in [2.75, 3.05) is 24.1 Å². The molecule has 32 heavy (non-hydrogen) atoms. The van der Waals surface area contributed by atoms with E-state index in [4.69, 9.17) is 9.47 Å². The van der Waals surface area contributed by atoms with Crippen LogP contribution in [0.25, 0.3) is 0 Å². The number of carbonyl (C=O) groups is 1. The molecular formula is C23H26INO6S. The third-order valence-corrected chi connectivity index (χ3v) is 8.66. The summed E-state index contributed by atoms with van der Waals surface area (Å²) in [5, 5.41) is 9.73. The van der Waals surface area contributed by atoms with E-state index in [0.29, 0.717) is 37.8 Å². The lowest BCUT2D eigenvalue weighted by Gasteiger charge is -2.36. The Kier molecular flexibility index (Phi) is 6.97. The zero-order valence-electron chi connectivity index (χ0n) is 17.8. The van der Waals surface area contributed by atoms with Gasteiger partial charge < -0.3 is 14.6 Å². The number of sulfonamides is 1. The highest BCUT2D eigenvalue weighted by atomic mass is 127. The number of ether oxygens (including phenoxy) is 2. The van der Waals surface area contributed by atoms with E-state index in [1.165, 1.54) is 22.5 Å². The summed E-state index contributed by atoms with van der Waals surface area (Å²) in [6, 6.07) is 9.59. The Morgan fingerprint density at radius 1 is 1.19 bits per heavy atom. The summed E-state index contributed by atoms with van der Waals surface area (Å²) in [6.07, 6.45) is 3.23. The van der Waals surface area contributed by atoms with Crippen molar-refractivity contribution in [3.05, 3.63) is 51.1 Å². The average Bonchev–Trinajstić information content (AvgIpc) is 2.78. The van der Waals surface area contributed by atoms with Crippen molar-refractivity contribution in [3.63, 3.8) is 0 Å². The van der Waals surface area contributed by atoms with E-state index in [9.17, 15) is 18.3 Å². The molecule has 0 aliphatic carbocycles. The first-order valence-electron chi connectivity index (χ1n) is 10.7. The van der Waals surface area contributed by atoms with Gasteiger partial charge in [-0.1, -0.05) is 0 Å². The smallest absolute Gasteiger partial charge is 0.339 e. The molecule has 1 atom stereocenters. The number of anilines is 1. The van der Waals surface area contributed by atoms with Gasteiger partial charge in [-0.2, -0.15) is 0 Å². The number of fused-ring (bicyclic) bond motifs is 1. The number of nitrogens with zero attached hydrogens (tertiary/aromatic N) is 1. The summed E-state index contributed by atoms with van der Waals surface area (Å²) in [6.45, 7) is 3.60. The number of rotatable bonds is 6. The number of hydrogen-bond donors (Lipinski definition) is 1. The van der Waals surface area contributed by atoms with Crippen LogP contribution in [0.2, 0.25) is 0 Å². The maximum absolute atomic E-state index is 13.6. The van der Waals surface area contributed by atoms with Crippen LogP contribution in [0.4, 0.5) is 5.69 Å². The Morgan fingerprint density at radius 3 is 2.66 bits per heavy atom. The molecule has 1 saturated heterocycles.